The number of morpholine rings is 1. The number of ether oxygens (including phenoxy) is 3. The topological polar surface area (TPSA) is 98.3 Å². The lowest BCUT2D eigenvalue weighted by atomic mass is 10.2. The summed E-state index contributed by atoms with van der Waals surface area (Å²) in [5, 5.41) is 0.457. The van der Waals surface area contributed by atoms with Gasteiger partial charge in [0, 0.05) is 32.4 Å². The monoisotopic (exact) mass is 519 g/mol. The van der Waals surface area contributed by atoms with E-state index < -0.39 is 15.7 Å². The molecule has 0 unspecified atom stereocenters. The second-order valence-electron chi connectivity index (χ2n) is 8.18. The smallest absolute Gasteiger partial charge is 0.261 e. The van der Waals surface area contributed by atoms with Crippen LogP contribution in [0.5, 0.6) is 11.5 Å². The van der Waals surface area contributed by atoms with Crippen LogP contribution in [0.3, 0.4) is 0 Å². The number of anilines is 1. The number of benzene rings is 2. The molecule has 1 aliphatic rings. The van der Waals surface area contributed by atoms with Crippen molar-refractivity contribution < 1.29 is 27.4 Å². The first-order chi connectivity index (χ1) is 16.8. The second kappa shape index (κ2) is 10.9. The highest BCUT2D eigenvalue weighted by molar-refractivity contribution is 7.90. The van der Waals surface area contributed by atoms with Crippen molar-refractivity contribution in [1.82, 2.24) is 9.88 Å². The molecule has 1 aromatic heterocycles. The average molecular weight is 520 g/mol. The highest BCUT2D eigenvalue weighted by atomic mass is 32.2. The van der Waals surface area contributed by atoms with Crippen molar-refractivity contribution in [2.75, 3.05) is 64.8 Å². The zero-order chi connectivity index (χ0) is 25.0. The lowest BCUT2D eigenvalue weighted by Crippen LogP contribution is -2.39. The van der Waals surface area contributed by atoms with E-state index in [2.05, 4.69) is 4.90 Å². The van der Waals surface area contributed by atoms with E-state index in [1.807, 2.05) is 0 Å². The average Bonchev–Trinajstić information content (AvgIpc) is 3.31. The van der Waals surface area contributed by atoms with Crippen LogP contribution in [0.15, 0.2) is 41.3 Å². The van der Waals surface area contributed by atoms with E-state index in [1.165, 1.54) is 17.4 Å². The van der Waals surface area contributed by atoms with Gasteiger partial charge >= 0.3 is 0 Å². The van der Waals surface area contributed by atoms with E-state index in [-0.39, 0.29) is 10.5 Å². The molecule has 0 bridgehead atoms. The number of rotatable bonds is 9. The van der Waals surface area contributed by atoms with Crippen molar-refractivity contribution >= 4 is 42.4 Å². The lowest BCUT2D eigenvalue weighted by Gasteiger charge is -2.28. The largest absolute Gasteiger partial charge is 0.495 e. The van der Waals surface area contributed by atoms with Crippen LogP contribution < -0.4 is 14.4 Å². The van der Waals surface area contributed by atoms with Crippen molar-refractivity contribution in [3.05, 3.63) is 42.0 Å². The predicted octanol–water partition coefficient (Wildman–Crippen LogP) is 3.09. The molecule has 4 rings (SSSR count). The van der Waals surface area contributed by atoms with E-state index >= 15 is 0 Å². The van der Waals surface area contributed by atoms with Crippen molar-refractivity contribution in [2.45, 2.75) is 11.3 Å². The number of hydrogen-bond donors (Lipinski definition) is 0. The zero-order valence-electron chi connectivity index (χ0n) is 20.0. The van der Waals surface area contributed by atoms with Crippen LogP contribution in [0.1, 0.15) is 16.8 Å². The quantitative estimate of drug-likeness (QED) is 0.425. The van der Waals surface area contributed by atoms with Crippen LogP contribution in [-0.4, -0.2) is 84.1 Å². The zero-order valence-corrected chi connectivity index (χ0v) is 21.7. The number of hydrogen-bond acceptors (Lipinski definition) is 9. The Kier molecular flexibility index (Phi) is 7.90. The molecule has 0 N–H and O–H groups in total. The summed E-state index contributed by atoms with van der Waals surface area (Å²) in [5.74, 6) is 0.785. The van der Waals surface area contributed by atoms with E-state index in [9.17, 15) is 13.2 Å². The fourth-order valence-corrected chi connectivity index (χ4v) is 6.04. The van der Waals surface area contributed by atoms with Gasteiger partial charge < -0.3 is 14.2 Å². The normalized spacial score (nSPS) is 14.7. The third-order valence-corrected chi connectivity index (χ3v) is 8.10. The highest BCUT2D eigenvalue weighted by Gasteiger charge is 2.27. The number of nitrogens with zero attached hydrogens (tertiary/aromatic N) is 3. The maximum absolute atomic E-state index is 13.8. The first-order valence-electron chi connectivity index (χ1n) is 11.3. The molecule has 1 fully saturated rings. The number of carbonyl (C=O) groups is 1. The molecule has 1 amide bonds. The molecule has 0 spiro atoms. The third-order valence-electron chi connectivity index (χ3n) is 5.85. The van der Waals surface area contributed by atoms with Crippen molar-refractivity contribution in [2.24, 2.45) is 0 Å². The van der Waals surface area contributed by atoms with Gasteiger partial charge in [-0.25, -0.2) is 13.4 Å². The van der Waals surface area contributed by atoms with Crippen molar-refractivity contribution in [3.8, 4) is 11.5 Å². The fourth-order valence-electron chi connectivity index (χ4n) is 4.06. The summed E-state index contributed by atoms with van der Waals surface area (Å²) in [6.07, 6.45) is 1.80. The molecule has 35 heavy (non-hydrogen) atoms. The summed E-state index contributed by atoms with van der Waals surface area (Å²) in [4.78, 5) is 22.4. The summed E-state index contributed by atoms with van der Waals surface area (Å²) in [6, 6.07) is 9.85. The molecule has 1 aliphatic heterocycles. The van der Waals surface area contributed by atoms with Gasteiger partial charge in [0.25, 0.3) is 5.91 Å². The fraction of sp³-hybridized carbons (Fsp3) is 0.417. The number of thiazole rings is 1. The van der Waals surface area contributed by atoms with Crippen LogP contribution in [0.4, 0.5) is 5.13 Å². The first kappa shape index (κ1) is 25.4. The molecule has 11 heteroatoms. The van der Waals surface area contributed by atoms with Crippen LogP contribution in [0, 0.1) is 0 Å². The minimum atomic E-state index is -3.60. The SMILES string of the molecule is COc1ccc(OC)c2sc(N(CCCN3CCOCC3)C(=O)c3ccccc3S(C)(=O)=O)nc12. The Balaban J connectivity index is 1.73. The molecule has 0 atom stereocenters. The number of methoxy groups -OCH3 is 2. The van der Waals surface area contributed by atoms with Gasteiger partial charge in [0.1, 0.15) is 21.7 Å². The van der Waals surface area contributed by atoms with Gasteiger partial charge in [0.2, 0.25) is 0 Å². The molecule has 3 aromatic rings. The molecule has 0 aliphatic carbocycles. The van der Waals surface area contributed by atoms with Gasteiger partial charge in [-0.2, -0.15) is 0 Å². The molecule has 1 saturated heterocycles. The maximum atomic E-state index is 13.8. The summed E-state index contributed by atoms with van der Waals surface area (Å²) in [5.41, 5.74) is 0.716. The third kappa shape index (κ3) is 5.58. The Morgan fingerprint density at radius 3 is 2.49 bits per heavy atom. The maximum Gasteiger partial charge on any atom is 0.261 e. The number of fused-ring (bicyclic) bond motifs is 1. The van der Waals surface area contributed by atoms with Gasteiger partial charge in [-0.3, -0.25) is 14.6 Å². The summed E-state index contributed by atoms with van der Waals surface area (Å²) >= 11 is 1.31. The van der Waals surface area contributed by atoms with Gasteiger partial charge in [0.15, 0.2) is 15.0 Å². The Morgan fingerprint density at radius 1 is 1.11 bits per heavy atom. The summed E-state index contributed by atoms with van der Waals surface area (Å²) in [7, 11) is -0.463. The van der Waals surface area contributed by atoms with Gasteiger partial charge in [-0.05, 0) is 30.7 Å². The van der Waals surface area contributed by atoms with E-state index in [0.29, 0.717) is 48.3 Å². The number of aromatic nitrogens is 1. The standard InChI is InChI=1S/C24H29N3O6S2/c1-31-18-9-10-19(32-2)22-21(18)25-24(34-22)27(12-6-11-26-13-15-33-16-14-26)23(28)17-7-4-5-8-20(17)35(3,29)30/h4-5,7-10H,6,11-16H2,1-3H3. The molecular formula is C24H29N3O6S2. The van der Waals surface area contributed by atoms with Gasteiger partial charge in [0.05, 0.1) is 37.9 Å². The molecule has 188 valence electrons. The summed E-state index contributed by atoms with van der Waals surface area (Å²) in [6.45, 7) is 4.25. The van der Waals surface area contributed by atoms with Crippen molar-refractivity contribution in [3.63, 3.8) is 0 Å². The van der Waals surface area contributed by atoms with Crippen LogP contribution in [0.25, 0.3) is 10.2 Å². The van der Waals surface area contributed by atoms with E-state index in [1.54, 1.807) is 49.5 Å². The molecule has 9 nitrogen and oxygen atoms in total. The predicted molar refractivity (Wildman–Crippen MR) is 136 cm³/mol. The molecule has 2 aromatic carbocycles. The Labute approximate surface area is 209 Å². The Hall–Kier alpha value is -2.73. The van der Waals surface area contributed by atoms with Crippen LogP contribution >= 0.6 is 11.3 Å². The Morgan fingerprint density at radius 2 is 1.80 bits per heavy atom. The summed E-state index contributed by atoms with van der Waals surface area (Å²) < 4.78 is 42.0. The highest BCUT2D eigenvalue weighted by Crippen LogP contribution is 2.40. The van der Waals surface area contributed by atoms with Crippen LogP contribution in [0.2, 0.25) is 0 Å². The number of sulfone groups is 1. The second-order valence-corrected chi connectivity index (χ2v) is 11.1. The molecular weight excluding hydrogens is 490 g/mol. The van der Waals surface area contributed by atoms with Crippen LogP contribution in [-0.2, 0) is 14.6 Å². The van der Waals surface area contributed by atoms with Gasteiger partial charge in [-0.1, -0.05) is 23.5 Å². The lowest BCUT2D eigenvalue weighted by molar-refractivity contribution is 0.0376. The van der Waals surface area contributed by atoms with E-state index in [4.69, 9.17) is 19.2 Å². The number of carbonyl (C=O) groups excluding carboxylic acids is 1. The first-order valence-corrected chi connectivity index (χ1v) is 14.0. The molecule has 0 radical (unpaired) electrons. The number of amides is 1. The molecule has 0 saturated carbocycles. The minimum absolute atomic E-state index is 0.000508. The van der Waals surface area contributed by atoms with Crippen molar-refractivity contribution in [1.29, 1.82) is 0 Å². The minimum Gasteiger partial charge on any atom is -0.495 e. The van der Waals surface area contributed by atoms with E-state index in [0.717, 1.165) is 30.6 Å². The van der Waals surface area contributed by atoms with Gasteiger partial charge in [-0.15, -0.1) is 0 Å². The Bertz CT molecular complexity index is 1260. The molecule has 2 heterocycles.